The van der Waals surface area contributed by atoms with Gasteiger partial charge in [-0.15, -0.1) is 0 Å². The SMILES string of the molecule is CCn1cncc1-c1nc2c([nH]1)c(-c1ccccc1)nn2C. The number of rotatable bonds is 3. The summed E-state index contributed by atoms with van der Waals surface area (Å²) in [7, 11) is 1.91. The molecular weight excluding hydrogens is 276 g/mol. The number of nitrogens with zero attached hydrogens (tertiary/aromatic N) is 5. The van der Waals surface area contributed by atoms with Gasteiger partial charge in [0.15, 0.2) is 11.5 Å². The summed E-state index contributed by atoms with van der Waals surface area (Å²) >= 11 is 0. The van der Waals surface area contributed by atoms with Crippen molar-refractivity contribution in [3.05, 3.63) is 42.9 Å². The molecule has 0 saturated carbocycles. The van der Waals surface area contributed by atoms with Gasteiger partial charge in [-0.1, -0.05) is 30.3 Å². The highest BCUT2D eigenvalue weighted by Gasteiger charge is 2.17. The number of nitrogens with one attached hydrogen (secondary N) is 1. The molecular formula is C16H16N6. The molecule has 0 aliphatic heterocycles. The van der Waals surface area contributed by atoms with Gasteiger partial charge >= 0.3 is 0 Å². The van der Waals surface area contributed by atoms with Crippen LogP contribution < -0.4 is 0 Å². The molecule has 4 rings (SSSR count). The molecule has 1 aromatic carbocycles. The van der Waals surface area contributed by atoms with E-state index >= 15 is 0 Å². The third-order valence-electron chi connectivity index (χ3n) is 3.82. The van der Waals surface area contributed by atoms with E-state index in [2.05, 4.69) is 38.7 Å². The average Bonchev–Trinajstić information content (AvgIpc) is 3.23. The van der Waals surface area contributed by atoms with Gasteiger partial charge in [0.05, 0.1) is 12.5 Å². The van der Waals surface area contributed by atoms with Crippen molar-refractivity contribution < 1.29 is 0 Å². The Bertz CT molecular complexity index is 928. The zero-order chi connectivity index (χ0) is 15.1. The van der Waals surface area contributed by atoms with Gasteiger partial charge in [0, 0.05) is 19.2 Å². The first kappa shape index (κ1) is 12.8. The minimum atomic E-state index is 0.819. The first-order chi connectivity index (χ1) is 10.8. The Labute approximate surface area is 127 Å². The van der Waals surface area contributed by atoms with E-state index in [1.54, 1.807) is 0 Å². The van der Waals surface area contributed by atoms with Crippen molar-refractivity contribution in [1.82, 2.24) is 29.3 Å². The van der Waals surface area contributed by atoms with Gasteiger partial charge < -0.3 is 9.55 Å². The average molecular weight is 292 g/mol. The van der Waals surface area contributed by atoms with Crippen LogP contribution in [0.5, 0.6) is 0 Å². The number of benzene rings is 1. The van der Waals surface area contributed by atoms with Crippen LogP contribution >= 0.6 is 0 Å². The molecule has 0 spiro atoms. The number of H-pyrrole nitrogens is 1. The first-order valence-corrected chi connectivity index (χ1v) is 7.26. The van der Waals surface area contributed by atoms with Crippen molar-refractivity contribution in [2.45, 2.75) is 13.5 Å². The van der Waals surface area contributed by atoms with Crippen LogP contribution in [0.1, 0.15) is 6.92 Å². The van der Waals surface area contributed by atoms with Crippen LogP contribution in [0.3, 0.4) is 0 Å². The van der Waals surface area contributed by atoms with Crippen molar-refractivity contribution in [1.29, 1.82) is 0 Å². The van der Waals surface area contributed by atoms with E-state index in [9.17, 15) is 0 Å². The minimum Gasteiger partial charge on any atom is -0.333 e. The van der Waals surface area contributed by atoms with Gasteiger partial charge in [0.1, 0.15) is 16.9 Å². The largest absolute Gasteiger partial charge is 0.333 e. The summed E-state index contributed by atoms with van der Waals surface area (Å²) in [6.45, 7) is 2.95. The molecule has 1 N–H and O–H groups in total. The smallest absolute Gasteiger partial charge is 0.177 e. The highest BCUT2D eigenvalue weighted by Crippen LogP contribution is 2.28. The Hall–Kier alpha value is -2.89. The molecule has 3 heterocycles. The molecule has 0 aliphatic rings. The van der Waals surface area contributed by atoms with Crippen molar-refractivity contribution >= 4 is 11.2 Å². The Morgan fingerprint density at radius 1 is 1.18 bits per heavy atom. The van der Waals surface area contributed by atoms with E-state index in [1.165, 1.54) is 0 Å². The number of hydrogen-bond donors (Lipinski definition) is 1. The first-order valence-electron chi connectivity index (χ1n) is 7.26. The second-order valence-electron chi connectivity index (χ2n) is 5.19. The van der Waals surface area contributed by atoms with Crippen LogP contribution in [0.25, 0.3) is 33.9 Å². The summed E-state index contributed by atoms with van der Waals surface area (Å²) in [6, 6.07) is 10.1. The minimum absolute atomic E-state index is 0.819. The third kappa shape index (κ3) is 1.84. The van der Waals surface area contributed by atoms with Gasteiger partial charge in [-0.3, -0.25) is 0 Å². The van der Waals surface area contributed by atoms with Gasteiger partial charge in [-0.05, 0) is 6.92 Å². The number of hydrogen-bond acceptors (Lipinski definition) is 3. The summed E-state index contributed by atoms with van der Waals surface area (Å²) in [5.41, 5.74) is 4.77. The Morgan fingerprint density at radius 3 is 2.77 bits per heavy atom. The zero-order valence-electron chi connectivity index (χ0n) is 12.5. The van der Waals surface area contributed by atoms with Gasteiger partial charge in [-0.2, -0.15) is 5.10 Å². The van der Waals surface area contributed by atoms with Crippen LogP contribution in [0.2, 0.25) is 0 Å². The van der Waals surface area contributed by atoms with Crippen molar-refractivity contribution in [3.8, 4) is 22.8 Å². The summed E-state index contributed by atoms with van der Waals surface area (Å²) in [5, 5.41) is 4.59. The highest BCUT2D eigenvalue weighted by atomic mass is 15.3. The molecule has 0 atom stereocenters. The lowest BCUT2D eigenvalue weighted by Crippen LogP contribution is -1.97. The van der Waals surface area contributed by atoms with Crippen LogP contribution in [0, 0.1) is 0 Å². The fourth-order valence-corrected chi connectivity index (χ4v) is 2.70. The predicted molar refractivity (Wildman–Crippen MR) is 85.2 cm³/mol. The quantitative estimate of drug-likeness (QED) is 0.631. The number of aromatic amines is 1. The van der Waals surface area contributed by atoms with Crippen LogP contribution in [-0.2, 0) is 13.6 Å². The Kier molecular flexibility index (Phi) is 2.82. The fourth-order valence-electron chi connectivity index (χ4n) is 2.70. The molecule has 0 fully saturated rings. The Morgan fingerprint density at radius 2 is 2.00 bits per heavy atom. The van der Waals surface area contributed by atoms with Gasteiger partial charge in [0.25, 0.3) is 0 Å². The van der Waals surface area contributed by atoms with E-state index in [1.807, 2.05) is 42.5 Å². The molecule has 0 saturated heterocycles. The lowest BCUT2D eigenvalue weighted by atomic mass is 10.1. The zero-order valence-corrected chi connectivity index (χ0v) is 12.5. The van der Waals surface area contributed by atoms with Gasteiger partial charge in [-0.25, -0.2) is 14.6 Å². The monoisotopic (exact) mass is 292 g/mol. The molecule has 0 amide bonds. The van der Waals surface area contributed by atoms with E-state index in [0.29, 0.717) is 0 Å². The maximum atomic E-state index is 4.69. The number of aromatic nitrogens is 6. The second-order valence-corrected chi connectivity index (χ2v) is 5.19. The second kappa shape index (κ2) is 4.84. The maximum absolute atomic E-state index is 4.69. The topological polar surface area (TPSA) is 64.3 Å². The van der Waals surface area contributed by atoms with E-state index < -0.39 is 0 Å². The molecule has 110 valence electrons. The molecule has 6 heteroatoms. The maximum Gasteiger partial charge on any atom is 0.177 e. The normalized spacial score (nSPS) is 11.4. The molecule has 0 bridgehead atoms. The fraction of sp³-hybridized carbons (Fsp3) is 0.188. The van der Waals surface area contributed by atoms with Crippen LogP contribution in [0.15, 0.2) is 42.9 Å². The Balaban J connectivity index is 1.92. The molecule has 6 nitrogen and oxygen atoms in total. The van der Waals surface area contributed by atoms with Crippen molar-refractivity contribution in [2.24, 2.45) is 7.05 Å². The predicted octanol–water partition coefficient (Wildman–Crippen LogP) is 2.85. The standard InChI is InChI=1S/C16H16N6/c1-3-22-10-17-9-12(22)15-18-14-13(11-7-5-4-6-8-11)20-21(2)16(14)19-15/h4-10H,3H2,1-2H3,(H,18,19). The number of fused-ring (bicyclic) bond motifs is 1. The third-order valence-corrected chi connectivity index (χ3v) is 3.82. The molecule has 0 unspecified atom stereocenters. The lowest BCUT2D eigenvalue weighted by Gasteiger charge is -2.01. The molecule has 0 aliphatic carbocycles. The van der Waals surface area contributed by atoms with Crippen LogP contribution in [-0.4, -0.2) is 29.3 Å². The van der Waals surface area contributed by atoms with Crippen molar-refractivity contribution in [2.75, 3.05) is 0 Å². The van der Waals surface area contributed by atoms with Crippen molar-refractivity contribution in [3.63, 3.8) is 0 Å². The van der Waals surface area contributed by atoms with E-state index in [0.717, 1.165) is 40.5 Å². The summed E-state index contributed by atoms with van der Waals surface area (Å²) in [6.07, 6.45) is 3.65. The number of aryl methyl sites for hydroxylation is 2. The van der Waals surface area contributed by atoms with Crippen LogP contribution in [0.4, 0.5) is 0 Å². The van der Waals surface area contributed by atoms with E-state index in [-0.39, 0.29) is 0 Å². The summed E-state index contributed by atoms with van der Waals surface area (Å²) in [5.74, 6) is 0.819. The number of imidazole rings is 2. The molecule has 0 radical (unpaired) electrons. The van der Waals surface area contributed by atoms with Gasteiger partial charge in [0.2, 0.25) is 0 Å². The molecule has 4 aromatic rings. The summed E-state index contributed by atoms with van der Waals surface area (Å²) in [4.78, 5) is 12.3. The summed E-state index contributed by atoms with van der Waals surface area (Å²) < 4.78 is 3.87. The molecule has 22 heavy (non-hydrogen) atoms. The lowest BCUT2D eigenvalue weighted by molar-refractivity contribution is 0.763. The highest BCUT2D eigenvalue weighted by molar-refractivity contribution is 5.90. The molecule has 3 aromatic heterocycles. The van der Waals surface area contributed by atoms with E-state index in [4.69, 9.17) is 4.98 Å².